The molecule has 8 heavy (non-hydrogen) atoms. The van der Waals surface area contributed by atoms with Gasteiger partial charge in [-0.25, -0.2) is 4.79 Å². The minimum Gasteiger partial charge on any atom is -0.477 e. The standard InChI is InChI=1S/C3HClI2O2/c4-1(2(5)6)3(7)8/h(H,7,8). The Morgan fingerprint density at radius 3 is 1.88 bits per heavy atom. The summed E-state index contributed by atoms with van der Waals surface area (Å²) in [5.74, 6) is -1.08. The zero-order valence-electron chi connectivity index (χ0n) is 3.49. The molecule has 0 saturated carbocycles. The van der Waals surface area contributed by atoms with E-state index >= 15 is 0 Å². The molecule has 0 aliphatic heterocycles. The minimum atomic E-state index is -1.08. The summed E-state index contributed by atoms with van der Waals surface area (Å²) < 4.78 is 0.564. The number of hydrogen-bond acceptors (Lipinski definition) is 1. The van der Waals surface area contributed by atoms with E-state index in [1.807, 2.05) is 45.2 Å². The molecule has 0 unspecified atom stereocenters. The maximum atomic E-state index is 9.94. The van der Waals surface area contributed by atoms with Gasteiger partial charge in [-0.05, 0) is 45.2 Å². The van der Waals surface area contributed by atoms with Gasteiger partial charge in [0.05, 0.1) is 1.59 Å². The van der Waals surface area contributed by atoms with Gasteiger partial charge in [0.1, 0.15) is 5.03 Å². The van der Waals surface area contributed by atoms with E-state index in [2.05, 4.69) is 0 Å². The molecule has 0 spiro atoms. The molecule has 0 aliphatic rings. The number of halogens is 3. The Labute approximate surface area is 78.6 Å². The quantitative estimate of drug-likeness (QED) is 0.577. The van der Waals surface area contributed by atoms with Gasteiger partial charge in [-0.1, -0.05) is 11.6 Å². The van der Waals surface area contributed by atoms with Crippen LogP contribution in [0.25, 0.3) is 0 Å². The first-order chi connectivity index (χ1) is 3.55. The van der Waals surface area contributed by atoms with E-state index in [1.54, 1.807) is 0 Å². The Kier molecular flexibility index (Phi) is 4.35. The number of hydrogen-bond donors (Lipinski definition) is 1. The second kappa shape index (κ2) is 3.89. The van der Waals surface area contributed by atoms with Crippen LogP contribution in [0.2, 0.25) is 0 Å². The van der Waals surface area contributed by atoms with Gasteiger partial charge in [0.2, 0.25) is 0 Å². The molecule has 0 rings (SSSR count). The highest BCUT2D eigenvalue weighted by molar-refractivity contribution is 14.2. The van der Waals surface area contributed by atoms with Crippen LogP contribution in [0.3, 0.4) is 0 Å². The second-order valence-electron chi connectivity index (χ2n) is 0.880. The first kappa shape index (κ1) is 8.96. The average Bonchev–Trinajstić information content (AvgIpc) is 1.64. The predicted octanol–water partition coefficient (Wildman–Crippen LogP) is 2.35. The molecular formula is C3HClI2O2. The van der Waals surface area contributed by atoms with E-state index in [1.165, 1.54) is 0 Å². The fourth-order valence-electron chi connectivity index (χ4n) is 0.0808. The van der Waals surface area contributed by atoms with E-state index in [-0.39, 0.29) is 5.03 Å². The van der Waals surface area contributed by atoms with Crippen LogP contribution in [-0.2, 0) is 4.79 Å². The number of carboxylic acid groups (broad SMARTS) is 1. The first-order valence-corrected chi connectivity index (χ1v) is 4.03. The van der Waals surface area contributed by atoms with Crippen molar-refractivity contribution in [1.29, 1.82) is 0 Å². The lowest BCUT2D eigenvalue weighted by Gasteiger charge is -1.86. The highest BCUT2D eigenvalue weighted by Crippen LogP contribution is 2.22. The summed E-state index contributed by atoms with van der Waals surface area (Å²) in [4.78, 5) is 9.94. The summed E-state index contributed by atoms with van der Waals surface area (Å²) in [5, 5.41) is 8.03. The van der Waals surface area contributed by atoms with Crippen molar-refractivity contribution in [3.8, 4) is 0 Å². The van der Waals surface area contributed by atoms with Crippen LogP contribution in [0, 0.1) is 0 Å². The molecule has 0 bridgehead atoms. The Morgan fingerprint density at radius 1 is 1.50 bits per heavy atom. The molecule has 0 aliphatic carbocycles. The SMILES string of the molecule is O=C(O)C(Cl)=C(I)I. The number of rotatable bonds is 1. The highest BCUT2D eigenvalue weighted by Gasteiger charge is 2.05. The smallest absolute Gasteiger partial charge is 0.348 e. The molecule has 0 amide bonds. The van der Waals surface area contributed by atoms with E-state index in [0.717, 1.165) is 0 Å². The topological polar surface area (TPSA) is 37.3 Å². The van der Waals surface area contributed by atoms with Crippen molar-refractivity contribution in [2.45, 2.75) is 0 Å². The zero-order chi connectivity index (χ0) is 6.73. The molecule has 0 aromatic rings. The van der Waals surface area contributed by atoms with E-state index in [9.17, 15) is 4.79 Å². The third-order valence-electron chi connectivity index (χ3n) is 0.354. The van der Waals surface area contributed by atoms with Gasteiger partial charge in [0.25, 0.3) is 0 Å². The maximum Gasteiger partial charge on any atom is 0.348 e. The van der Waals surface area contributed by atoms with Crippen LogP contribution < -0.4 is 0 Å². The summed E-state index contributed by atoms with van der Waals surface area (Å²) in [5.41, 5.74) is 0. The molecule has 46 valence electrons. The third kappa shape index (κ3) is 3.08. The van der Waals surface area contributed by atoms with Crippen molar-refractivity contribution < 1.29 is 9.90 Å². The lowest BCUT2D eigenvalue weighted by molar-refractivity contribution is -0.131. The highest BCUT2D eigenvalue weighted by atomic mass is 127. The average molecular weight is 358 g/mol. The largest absolute Gasteiger partial charge is 0.477 e. The molecule has 0 fully saturated rings. The van der Waals surface area contributed by atoms with Crippen molar-refractivity contribution in [2.24, 2.45) is 0 Å². The number of aliphatic carboxylic acids is 1. The van der Waals surface area contributed by atoms with Gasteiger partial charge in [0.15, 0.2) is 0 Å². The molecule has 5 heteroatoms. The van der Waals surface area contributed by atoms with E-state index in [4.69, 9.17) is 16.7 Å². The van der Waals surface area contributed by atoms with Crippen LogP contribution in [0.15, 0.2) is 6.62 Å². The molecule has 0 saturated heterocycles. The molecule has 2 nitrogen and oxygen atoms in total. The van der Waals surface area contributed by atoms with Crippen molar-refractivity contribution in [3.63, 3.8) is 0 Å². The van der Waals surface area contributed by atoms with E-state index in [0.29, 0.717) is 1.59 Å². The Morgan fingerprint density at radius 2 is 1.88 bits per heavy atom. The maximum absolute atomic E-state index is 9.94. The number of carbonyl (C=O) groups is 1. The lowest BCUT2D eigenvalue weighted by atomic mass is 10.7. The zero-order valence-corrected chi connectivity index (χ0v) is 8.56. The van der Waals surface area contributed by atoms with Crippen LogP contribution in [0.4, 0.5) is 0 Å². The predicted molar refractivity (Wildman–Crippen MR) is 48.6 cm³/mol. The molecule has 0 heterocycles. The molecular weight excluding hydrogens is 357 g/mol. The van der Waals surface area contributed by atoms with Crippen molar-refractivity contribution in [1.82, 2.24) is 0 Å². The summed E-state index contributed by atoms with van der Waals surface area (Å²) in [6.45, 7) is 0. The van der Waals surface area contributed by atoms with Crippen molar-refractivity contribution in [2.75, 3.05) is 0 Å². The molecule has 0 atom stereocenters. The fraction of sp³-hybridized carbons (Fsp3) is 0. The Bertz CT molecular complexity index is 138. The minimum absolute atomic E-state index is 0.119. The van der Waals surface area contributed by atoms with Gasteiger partial charge in [-0.15, -0.1) is 0 Å². The van der Waals surface area contributed by atoms with Crippen LogP contribution in [0.5, 0.6) is 0 Å². The van der Waals surface area contributed by atoms with Crippen LogP contribution >= 0.6 is 56.8 Å². The second-order valence-corrected chi connectivity index (χ2v) is 5.48. The lowest BCUT2D eigenvalue weighted by Crippen LogP contribution is -1.92. The summed E-state index contributed by atoms with van der Waals surface area (Å²) in [6, 6.07) is 0. The Balaban J connectivity index is 4.23. The van der Waals surface area contributed by atoms with Crippen molar-refractivity contribution >= 4 is 62.8 Å². The number of carboxylic acids is 1. The van der Waals surface area contributed by atoms with Gasteiger partial charge in [-0.2, -0.15) is 0 Å². The summed E-state index contributed by atoms with van der Waals surface area (Å²) in [7, 11) is 0. The third-order valence-corrected chi connectivity index (χ3v) is 2.42. The molecule has 1 N–H and O–H groups in total. The molecule has 0 aromatic carbocycles. The Hall–Kier alpha value is 0.960. The van der Waals surface area contributed by atoms with Crippen molar-refractivity contribution in [3.05, 3.63) is 6.62 Å². The first-order valence-electron chi connectivity index (χ1n) is 1.49. The van der Waals surface area contributed by atoms with Gasteiger partial charge >= 0.3 is 5.97 Å². The molecule has 0 radical (unpaired) electrons. The van der Waals surface area contributed by atoms with E-state index < -0.39 is 5.97 Å². The molecule has 0 aromatic heterocycles. The van der Waals surface area contributed by atoms with Crippen LogP contribution in [-0.4, -0.2) is 11.1 Å². The van der Waals surface area contributed by atoms with Gasteiger partial charge < -0.3 is 5.11 Å². The van der Waals surface area contributed by atoms with Crippen LogP contribution in [0.1, 0.15) is 0 Å². The monoisotopic (exact) mass is 358 g/mol. The van der Waals surface area contributed by atoms with Gasteiger partial charge in [0, 0.05) is 0 Å². The summed E-state index contributed by atoms with van der Waals surface area (Å²) >= 11 is 8.89. The normalized spacial score (nSPS) is 8.38. The summed E-state index contributed by atoms with van der Waals surface area (Å²) in [6.07, 6.45) is 0. The fourth-order valence-corrected chi connectivity index (χ4v) is 0.542. The van der Waals surface area contributed by atoms with Gasteiger partial charge in [-0.3, -0.25) is 0 Å².